The van der Waals surface area contributed by atoms with E-state index in [1.54, 1.807) is 11.8 Å². The molecule has 7 heteroatoms. The van der Waals surface area contributed by atoms with Crippen molar-refractivity contribution in [2.24, 2.45) is 0 Å². The summed E-state index contributed by atoms with van der Waals surface area (Å²) >= 11 is 8.24. The van der Waals surface area contributed by atoms with Crippen LogP contribution in [0.25, 0.3) is 0 Å². The molecule has 1 fully saturated rings. The van der Waals surface area contributed by atoms with Crippen LogP contribution < -0.4 is 15.0 Å². The summed E-state index contributed by atoms with van der Waals surface area (Å²) in [5.41, 5.74) is 2.07. The zero-order valence-corrected chi connectivity index (χ0v) is 19.1. The van der Waals surface area contributed by atoms with Gasteiger partial charge in [-0.25, -0.2) is 0 Å². The second-order valence-corrected chi connectivity index (χ2v) is 9.21. The molecule has 0 saturated carbocycles. The van der Waals surface area contributed by atoms with Crippen molar-refractivity contribution in [3.05, 3.63) is 83.4 Å². The Kier molecular flexibility index (Phi) is 7.58. The summed E-state index contributed by atoms with van der Waals surface area (Å²) in [6.07, 6.45) is 0.102. The van der Waals surface area contributed by atoms with E-state index in [0.717, 1.165) is 39.9 Å². The van der Waals surface area contributed by atoms with Gasteiger partial charge in [-0.15, -0.1) is 0 Å². The highest BCUT2D eigenvalue weighted by atomic mass is 35.5. The third-order valence-corrected chi connectivity index (χ3v) is 6.51. The van der Waals surface area contributed by atoms with Gasteiger partial charge in [0.25, 0.3) is 0 Å². The average Bonchev–Trinajstić information content (AvgIpc) is 2.78. The van der Waals surface area contributed by atoms with Crippen molar-refractivity contribution in [2.45, 2.75) is 28.9 Å². The first-order chi connectivity index (χ1) is 15.6. The van der Waals surface area contributed by atoms with Gasteiger partial charge in [-0.2, -0.15) is 0 Å². The molecule has 0 aliphatic carbocycles. The molecular formula is C25H25ClN2O3S. The maximum Gasteiger partial charge on any atom is 0.304 e. The molecule has 0 aromatic heterocycles. The standard InChI is InChI=1S/C25H25ClN2O3S/c26-23-15-22(9-10-24(23)28-12-11-27-19(16-28)13-25(29)30)32-21-8-4-7-20(14-21)31-17-18-5-2-1-3-6-18/h1-10,14-15,19,27H,11-13,16-17H2,(H,29,30). The number of carboxylic acid groups (broad SMARTS) is 1. The smallest absolute Gasteiger partial charge is 0.304 e. The van der Waals surface area contributed by atoms with Crippen LogP contribution in [0.3, 0.4) is 0 Å². The maximum atomic E-state index is 11.0. The Hall–Kier alpha value is -2.67. The molecule has 0 radical (unpaired) electrons. The van der Waals surface area contributed by atoms with Crippen LogP contribution >= 0.6 is 23.4 Å². The monoisotopic (exact) mass is 468 g/mol. The van der Waals surface area contributed by atoms with Crippen molar-refractivity contribution in [1.29, 1.82) is 0 Å². The third kappa shape index (κ3) is 6.19. The van der Waals surface area contributed by atoms with Gasteiger partial charge >= 0.3 is 5.97 Å². The molecule has 1 unspecified atom stereocenters. The van der Waals surface area contributed by atoms with Crippen LogP contribution in [0, 0.1) is 0 Å². The Balaban J connectivity index is 1.40. The molecule has 1 saturated heterocycles. The number of nitrogens with one attached hydrogen (secondary N) is 1. The Morgan fingerprint density at radius 1 is 1.09 bits per heavy atom. The minimum atomic E-state index is -0.794. The van der Waals surface area contributed by atoms with Crippen LogP contribution in [-0.4, -0.2) is 36.8 Å². The number of hydrogen-bond donors (Lipinski definition) is 2. The Bertz CT molecular complexity index is 1060. The molecule has 1 aliphatic rings. The molecule has 5 nitrogen and oxygen atoms in total. The SMILES string of the molecule is O=C(O)CC1CN(c2ccc(Sc3cccc(OCc4ccccc4)c3)cc2Cl)CCN1. The van der Waals surface area contributed by atoms with Crippen LogP contribution in [0.5, 0.6) is 5.75 Å². The molecule has 1 aliphatic heterocycles. The van der Waals surface area contributed by atoms with Gasteiger partial charge in [0.2, 0.25) is 0 Å². The first-order valence-electron chi connectivity index (χ1n) is 10.5. The first-order valence-corrected chi connectivity index (χ1v) is 11.7. The lowest BCUT2D eigenvalue weighted by atomic mass is 10.1. The van der Waals surface area contributed by atoms with E-state index in [1.807, 2.05) is 60.7 Å². The summed E-state index contributed by atoms with van der Waals surface area (Å²) in [6, 6.07) is 24.1. The van der Waals surface area contributed by atoms with Gasteiger partial charge in [0, 0.05) is 35.5 Å². The van der Waals surface area contributed by atoms with Gasteiger partial charge in [-0.1, -0.05) is 59.8 Å². The topological polar surface area (TPSA) is 61.8 Å². The fraction of sp³-hybridized carbons (Fsp3) is 0.240. The van der Waals surface area contributed by atoms with E-state index < -0.39 is 5.97 Å². The average molecular weight is 469 g/mol. The minimum absolute atomic E-state index is 0.0787. The lowest BCUT2D eigenvalue weighted by Crippen LogP contribution is -2.51. The van der Waals surface area contributed by atoms with Crippen LogP contribution in [0.4, 0.5) is 5.69 Å². The summed E-state index contributed by atoms with van der Waals surface area (Å²) in [5.74, 6) is 0.0315. The van der Waals surface area contributed by atoms with Gasteiger partial charge in [-0.3, -0.25) is 4.79 Å². The predicted octanol–water partition coefficient (Wildman–Crippen LogP) is 5.32. The molecule has 3 aromatic rings. The fourth-order valence-electron chi connectivity index (χ4n) is 3.70. The largest absolute Gasteiger partial charge is 0.489 e. The molecule has 0 bridgehead atoms. The van der Waals surface area contributed by atoms with Gasteiger partial charge in [-0.05, 0) is 42.0 Å². The van der Waals surface area contributed by atoms with Crippen molar-refractivity contribution < 1.29 is 14.6 Å². The number of carboxylic acids is 1. The maximum absolute atomic E-state index is 11.0. The molecule has 0 spiro atoms. The summed E-state index contributed by atoms with van der Waals surface area (Å²) in [4.78, 5) is 15.3. The number of halogens is 1. The molecule has 0 amide bonds. The summed E-state index contributed by atoms with van der Waals surface area (Å²) in [5, 5.41) is 13.0. The highest BCUT2D eigenvalue weighted by molar-refractivity contribution is 7.99. The molecule has 32 heavy (non-hydrogen) atoms. The molecule has 2 N–H and O–H groups in total. The second-order valence-electron chi connectivity index (χ2n) is 7.66. The Morgan fingerprint density at radius 3 is 2.69 bits per heavy atom. The summed E-state index contributed by atoms with van der Waals surface area (Å²) in [6.45, 7) is 2.69. The quantitative estimate of drug-likeness (QED) is 0.466. The van der Waals surface area contributed by atoms with E-state index in [2.05, 4.69) is 22.3 Å². The zero-order valence-electron chi connectivity index (χ0n) is 17.5. The van der Waals surface area contributed by atoms with E-state index in [9.17, 15) is 4.79 Å². The minimum Gasteiger partial charge on any atom is -0.489 e. The predicted molar refractivity (Wildman–Crippen MR) is 129 cm³/mol. The summed E-state index contributed by atoms with van der Waals surface area (Å²) < 4.78 is 5.94. The van der Waals surface area contributed by atoms with Crippen LogP contribution in [0.2, 0.25) is 5.02 Å². The van der Waals surface area contributed by atoms with E-state index in [-0.39, 0.29) is 12.5 Å². The van der Waals surface area contributed by atoms with Crippen LogP contribution in [0.15, 0.2) is 82.6 Å². The number of carbonyl (C=O) groups is 1. The number of rotatable bonds is 8. The van der Waals surface area contributed by atoms with Crippen molar-refractivity contribution in [3.63, 3.8) is 0 Å². The number of aliphatic carboxylic acids is 1. The van der Waals surface area contributed by atoms with Crippen molar-refractivity contribution in [1.82, 2.24) is 5.32 Å². The zero-order chi connectivity index (χ0) is 22.3. The molecule has 3 aromatic carbocycles. The van der Waals surface area contributed by atoms with E-state index in [4.69, 9.17) is 21.4 Å². The van der Waals surface area contributed by atoms with E-state index in [1.165, 1.54) is 0 Å². The van der Waals surface area contributed by atoms with E-state index >= 15 is 0 Å². The number of anilines is 1. The van der Waals surface area contributed by atoms with Gasteiger partial charge < -0.3 is 20.1 Å². The third-order valence-electron chi connectivity index (χ3n) is 5.23. The lowest BCUT2D eigenvalue weighted by Gasteiger charge is -2.35. The van der Waals surface area contributed by atoms with Crippen molar-refractivity contribution in [2.75, 3.05) is 24.5 Å². The molecular weight excluding hydrogens is 444 g/mol. The van der Waals surface area contributed by atoms with Crippen LogP contribution in [0.1, 0.15) is 12.0 Å². The number of piperazine rings is 1. The molecule has 1 atom stereocenters. The lowest BCUT2D eigenvalue weighted by molar-refractivity contribution is -0.137. The Morgan fingerprint density at radius 2 is 1.91 bits per heavy atom. The number of benzene rings is 3. The number of nitrogens with zero attached hydrogens (tertiary/aromatic N) is 1. The molecule has 166 valence electrons. The van der Waals surface area contributed by atoms with Gasteiger partial charge in [0.15, 0.2) is 0 Å². The number of hydrogen-bond acceptors (Lipinski definition) is 5. The summed E-state index contributed by atoms with van der Waals surface area (Å²) in [7, 11) is 0. The second kappa shape index (κ2) is 10.8. The molecule has 1 heterocycles. The normalized spacial score (nSPS) is 16.0. The Labute approximate surface area is 197 Å². The highest BCUT2D eigenvalue weighted by Gasteiger charge is 2.23. The van der Waals surface area contributed by atoms with Gasteiger partial charge in [0.05, 0.1) is 17.1 Å². The number of ether oxygens (including phenoxy) is 1. The highest BCUT2D eigenvalue weighted by Crippen LogP contribution is 2.35. The first kappa shape index (κ1) is 22.5. The fourth-order valence-corrected chi connectivity index (χ4v) is 4.98. The van der Waals surface area contributed by atoms with E-state index in [0.29, 0.717) is 18.2 Å². The van der Waals surface area contributed by atoms with Crippen molar-refractivity contribution >= 4 is 35.0 Å². The molecule has 4 rings (SSSR count). The van der Waals surface area contributed by atoms with Gasteiger partial charge in [0.1, 0.15) is 12.4 Å². The van der Waals surface area contributed by atoms with Crippen molar-refractivity contribution in [3.8, 4) is 5.75 Å². The van der Waals surface area contributed by atoms with Crippen LogP contribution in [-0.2, 0) is 11.4 Å².